The van der Waals surface area contributed by atoms with E-state index in [1.807, 2.05) is 32.9 Å². The molecule has 0 spiro atoms. The number of rotatable bonds is 7. The van der Waals surface area contributed by atoms with Gasteiger partial charge in [-0.25, -0.2) is 0 Å². The molecule has 0 saturated heterocycles. The maximum atomic E-state index is 12.3. The average Bonchev–Trinajstić information content (AvgIpc) is 2.60. The molecule has 0 aliphatic carbocycles. The number of carbonyl (C=O) groups excluding carboxylic acids is 2. The molecule has 0 unspecified atom stereocenters. The lowest BCUT2D eigenvalue weighted by atomic mass is 10.0. The van der Waals surface area contributed by atoms with Gasteiger partial charge in [-0.2, -0.15) is 0 Å². The smallest absolute Gasteiger partial charge is 0.262 e. The second kappa shape index (κ2) is 9.21. The van der Waals surface area contributed by atoms with Gasteiger partial charge in [0.15, 0.2) is 6.61 Å². The van der Waals surface area contributed by atoms with Gasteiger partial charge in [0.25, 0.3) is 11.8 Å². The predicted octanol–water partition coefficient (Wildman–Crippen LogP) is 4.27. The molecule has 2 aromatic carbocycles. The first kappa shape index (κ1) is 20.5. The van der Waals surface area contributed by atoms with Crippen molar-refractivity contribution in [1.29, 1.82) is 0 Å². The number of aryl methyl sites for hydroxylation is 1. The minimum absolute atomic E-state index is 0.0146. The van der Waals surface area contributed by atoms with Crippen molar-refractivity contribution in [3.05, 3.63) is 59.2 Å². The maximum Gasteiger partial charge on any atom is 0.262 e. The van der Waals surface area contributed by atoms with E-state index in [0.717, 1.165) is 11.1 Å². The van der Waals surface area contributed by atoms with Crippen LogP contribution < -0.4 is 15.4 Å². The van der Waals surface area contributed by atoms with Crippen molar-refractivity contribution >= 4 is 17.5 Å². The monoisotopic (exact) mass is 368 g/mol. The summed E-state index contributed by atoms with van der Waals surface area (Å²) in [6.45, 7) is 9.83. The van der Waals surface area contributed by atoms with Crippen LogP contribution in [0.15, 0.2) is 42.5 Å². The third kappa shape index (κ3) is 5.84. The molecule has 0 aliphatic heterocycles. The van der Waals surface area contributed by atoms with Crippen molar-refractivity contribution in [2.24, 2.45) is 0 Å². The number of nitrogens with one attached hydrogen (secondary N) is 2. The zero-order valence-corrected chi connectivity index (χ0v) is 16.6. The lowest BCUT2D eigenvalue weighted by molar-refractivity contribution is -0.118. The van der Waals surface area contributed by atoms with Crippen LogP contribution in [0.4, 0.5) is 5.69 Å². The molecule has 2 amide bonds. The molecule has 2 rings (SSSR count). The Hall–Kier alpha value is -2.82. The van der Waals surface area contributed by atoms with Crippen LogP contribution in [0, 0.1) is 6.92 Å². The number of benzene rings is 2. The summed E-state index contributed by atoms with van der Waals surface area (Å²) in [5.74, 6) is 0.548. The van der Waals surface area contributed by atoms with E-state index in [-0.39, 0.29) is 24.5 Å². The summed E-state index contributed by atoms with van der Waals surface area (Å²) < 4.78 is 5.71. The molecule has 0 aromatic heterocycles. The lowest BCUT2D eigenvalue weighted by Crippen LogP contribution is -2.31. The molecule has 0 aliphatic rings. The molecule has 5 nitrogen and oxygen atoms in total. The summed E-state index contributed by atoms with van der Waals surface area (Å²) in [6, 6.07) is 13.0. The summed E-state index contributed by atoms with van der Waals surface area (Å²) in [5, 5.41) is 5.60. The van der Waals surface area contributed by atoms with E-state index >= 15 is 0 Å². The Kier molecular flexibility index (Phi) is 6.99. The molecule has 5 heteroatoms. The van der Waals surface area contributed by atoms with Crippen LogP contribution in [0.5, 0.6) is 5.75 Å². The van der Waals surface area contributed by atoms with Gasteiger partial charge in [0, 0.05) is 6.04 Å². The van der Waals surface area contributed by atoms with Gasteiger partial charge >= 0.3 is 0 Å². The van der Waals surface area contributed by atoms with Gasteiger partial charge in [-0.05, 0) is 56.0 Å². The fourth-order valence-corrected chi connectivity index (χ4v) is 2.59. The quantitative estimate of drug-likeness (QED) is 0.767. The Morgan fingerprint density at radius 1 is 1.04 bits per heavy atom. The lowest BCUT2D eigenvalue weighted by Gasteiger charge is -2.15. The van der Waals surface area contributed by atoms with Gasteiger partial charge in [-0.1, -0.05) is 38.1 Å². The highest BCUT2D eigenvalue weighted by Crippen LogP contribution is 2.24. The van der Waals surface area contributed by atoms with Crippen LogP contribution in [-0.2, 0) is 4.79 Å². The molecule has 0 radical (unpaired) electrons. The summed E-state index contributed by atoms with van der Waals surface area (Å²) in [4.78, 5) is 24.6. The molecule has 0 atom stereocenters. The SMILES string of the molecule is Cc1ccc(C(C)C)cc1OCC(=O)Nc1ccccc1C(=O)NC(C)C. The van der Waals surface area contributed by atoms with Crippen molar-refractivity contribution in [3.8, 4) is 5.75 Å². The molecule has 27 heavy (non-hydrogen) atoms. The van der Waals surface area contributed by atoms with Gasteiger partial charge in [0.1, 0.15) is 5.75 Å². The number of anilines is 1. The van der Waals surface area contributed by atoms with Gasteiger partial charge in [0.05, 0.1) is 11.3 Å². The Labute approximate surface area is 161 Å². The van der Waals surface area contributed by atoms with Crippen LogP contribution in [-0.4, -0.2) is 24.5 Å². The molecule has 2 N–H and O–H groups in total. The first-order valence-electron chi connectivity index (χ1n) is 9.21. The number of amides is 2. The first-order chi connectivity index (χ1) is 12.8. The van der Waals surface area contributed by atoms with Crippen LogP contribution in [0.1, 0.15) is 55.1 Å². The third-order valence-electron chi connectivity index (χ3n) is 4.10. The van der Waals surface area contributed by atoms with E-state index in [0.29, 0.717) is 22.9 Å². The van der Waals surface area contributed by atoms with Crippen molar-refractivity contribution in [3.63, 3.8) is 0 Å². The van der Waals surface area contributed by atoms with Crippen molar-refractivity contribution < 1.29 is 14.3 Å². The van der Waals surface area contributed by atoms with Gasteiger partial charge in [-0.15, -0.1) is 0 Å². The molecule has 144 valence electrons. The highest BCUT2D eigenvalue weighted by atomic mass is 16.5. The van der Waals surface area contributed by atoms with Crippen LogP contribution in [0.3, 0.4) is 0 Å². The van der Waals surface area contributed by atoms with E-state index in [2.05, 4.69) is 30.5 Å². The number of hydrogen-bond donors (Lipinski definition) is 2. The van der Waals surface area contributed by atoms with E-state index in [1.165, 1.54) is 0 Å². The normalized spacial score (nSPS) is 10.8. The Morgan fingerprint density at radius 2 is 1.74 bits per heavy atom. The molecule has 2 aromatic rings. The van der Waals surface area contributed by atoms with Crippen molar-refractivity contribution in [1.82, 2.24) is 5.32 Å². The summed E-state index contributed by atoms with van der Waals surface area (Å²) in [7, 11) is 0. The van der Waals surface area contributed by atoms with Gasteiger partial charge in [0.2, 0.25) is 0 Å². The first-order valence-corrected chi connectivity index (χ1v) is 9.21. The molecule has 0 bridgehead atoms. The molecule has 0 heterocycles. The van der Waals surface area contributed by atoms with Gasteiger partial charge < -0.3 is 15.4 Å². The summed E-state index contributed by atoms with van der Waals surface area (Å²) in [6.07, 6.45) is 0. The molecular weight excluding hydrogens is 340 g/mol. The zero-order valence-electron chi connectivity index (χ0n) is 16.6. The van der Waals surface area contributed by atoms with Crippen LogP contribution in [0.2, 0.25) is 0 Å². The fourth-order valence-electron chi connectivity index (χ4n) is 2.59. The average molecular weight is 368 g/mol. The number of para-hydroxylation sites is 1. The maximum absolute atomic E-state index is 12.3. The Bertz CT molecular complexity index is 813. The highest BCUT2D eigenvalue weighted by Gasteiger charge is 2.14. The minimum atomic E-state index is -0.311. The van der Waals surface area contributed by atoms with E-state index in [1.54, 1.807) is 24.3 Å². The van der Waals surface area contributed by atoms with E-state index in [4.69, 9.17) is 4.74 Å². The Balaban J connectivity index is 2.05. The number of carbonyl (C=O) groups is 2. The largest absolute Gasteiger partial charge is 0.483 e. The third-order valence-corrected chi connectivity index (χ3v) is 4.10. The van der Waals surface area contributed by atoms with Gasteiger partial charge in [-0.3, -0.25) is 9.59 Å². The second-order valence-corrected chi connectivity index (χ2v) is 7.19. The number of hydrogen-bond acceptors (Lipinski definition) is 3. The summed E-state index contributed by atoms with van der Waals surface area (Å²) in [5.41, 5.74) is 3.03. The number of ether oxygens (including phenoxy) is 1. The molecule has 0 fully saturated rings. The van der Waals surface area contributed by atoms with Crippen molar-refractivity contribution in [2.45, 2.75) is 46.6 Å². The second-order valence-electron chi connectivity index (χ2n) is 7.19. The van der Waals surface area contributed by atoms with E-state index < -0.39 is 0 Å². The van der Waals surface area contributed by atoms with E-state index in [9.17, 15) is 9.59 Å². The molecule has 0 saturated carbocycles. The highest BCUT2D eigenvalue weighted by molar-refractivity contribution is 6.04. The Morgan fingerprint density at radius 3 is 2.41 bits per heavy atom. The topological polar surface area (TPSA) is 67.4 Å². The zero-order chi connectivity index (χ0) is 20.0. The fraction of sp³-hybridized carbons (Fsp3) is 0.364. The molecular formula is C22H28N2O3. The van der Waals surface area contributed by atoms with Crippen LogP contribution in [0.25, 0.3) is 0 Å². The predicted molar refractivity (Wildman–Crippen MR) is 108 cm³/mol. The summed E-state index contributed by atoms with van der Waals surface area (Å²) >= 11 is 0. The standard InChI is InChI=1S/C22H28N2O3/c1-14(2)17-11-10-16(5)20(12-17)27-13-21(25)24-19-9-7-6-8-18(19)22(26)23-15(3)4/h6-12,14-15H,13H2,1-5H3,(H,23,26)(H,24,25). The minimum Gasteiger partial charge on any atom is -0.483 e. The van der Waals surface area contributed by atoms with Crippen LogP contribution >= 0.6 is 0 Å². The van der Waals surface area contributed by atoms with Crippen molar-refractivity contribution in [2.75, 3.05) is 11.9 Å².